The van der Waals surface area contributed by atoms with Crippen LogP contribution in [0.1, 0.15) is 17.7 Å². The van der Waals surface area contributed by atoms with E-state index in [1.165, 1.54) is 11.3 Å². The molecule has 1 aromatic rings. The summed E-state index contributed by atoms with van der Waals surface area (Å²) in [5, 5.41) is 3.11. The molecule has 3 aliphatic heterocycles. The highest BCUT2D eigenvalue weighted by Crippen LogP contribution is 2.54. The lowest BCUT2D eigenvalue weighted by atomic mass is 9.73. The summed E-state index contributed by atoms with van der Waals surface area (Å²) in [6.45, 7) is 3.79. The molecule has 1 aromatic heterocycles. The molecular weight excluding hydrogens is 364 g/mol. The lowest BCUT2D eigenvalue weighted by Gasteiger charge is -2.29. The van der Waals surface area contributed by atoms with E-state index in [9.17, 15) is 4.79 Å². The summed E-state index contributed by atoms with van der Waals surface area (Å²) in [7, 11) is 0. The van der Waals surface area contributed by atoms with Gasteiger partial charge in [-0.1, -0.05) is 11.6 Å². The molecule has 1 spiro atoms. The first-order valence-electron chi connectivity index (χ1n) is 8.50. The fourth-order valence-electron chi connectivity index (χ4n) is 4.75. The van der Waals surface area contributed by atoms with Gasteiger partial charge in [0.05, 0.1) is 21.8 Å². The molecular formula is C17H23ClN2O2S2. The number of carbonyl (C=O) groups excluding carboxylic acids is 1. The second kappa shape index (κ2) is 6.80. The zero-order chi connectivity index (χ0) is 16.7. The third kappa shape index (κ3) is 3.12. The van der Waals surface area contributed by atoms with Crippen molar-refractivity contribution in [3.8, 4) is 0 Å². The van der Waals surface area contributed by atoms with Crippen LogP contribution < -0.4 is 5.32 Å². The molecule has 0 aromatic carbocycles. The van der Waals surface area contributed by atoms with Gasteiger partial charge in [-0.05, 0) is 31.2 Å². The van der Waals surface area contributed by atoms with Gasteiger partial charge in [0.1, 0.15) is 0 Å². The lowest BCUT2D eigenvalue weighted by Crippen LogP contribution is -2.42. The smallest absolute Gasteiger partial charge is 0.229 e. The minimum absolute atomic E-state index is 0.0284. The van der Waals surface area contributed by atoms with Crippen molar-refractivity contribution in [2.75, 3.05) is 31.6 Å². The Hall–Kier alpha value is -0.270. The molecule has 1 amide bonds. The maximum Gasteiger partial charge on any atom is 0.229 e. The molecule has 0 saturated carbocycles. The fraction of sp³-hybridized carbons (Fsp3) is 0.706. The van der Waals surface area contributed by atoms with Gasteiger partial charge in [-0.25, -0.2) is 0 Å². The van der Waals surface area contributed by atoms with Crippen LogP contribution in [0.25, 0.3) is 0 Å². The SMILES string of the molecule is CSCC(=O)NC[C@H]1[C@H]2CN(Cc3ccc(Cl)s3)C[C@]23CC[C@H]1O3. The number of thioether (sulfide) groups is 1. The van der Waals surface area contributed by atoms with Gasteiger partial charge >= 0.3 is 0 Å². The number of fused-ring (bicyclic) bond motifs is 1. The first-order valence-corrected chi connectivity index (χ1v) is 11.1. The van der Waals surface area contributed by atoms with E-state index in [1.807, 2.05) is 12.3 Å². The Morgan fingerprint density at radius 1 is 1.58 bits per heavy atom. The highest BCUT2D eigenvalue weighted by Gasteiger charge is 2.62. The maximum absolute atomic E-state index is 11.8. The summed E-state index contributed by atoms with van der Waals surface area (Å²) in [6, 6.07) is 4.10. The molecule has 1 N–H and O–H groups in total. The van der Waals surface area contributed by atoms with Crippen LogP contribution in [-0.4, -0.2) is 54.2 Å². The van der Waals surface area contributed by atoms with Crippen LogP contribution in [0.4, 0.5) is 0 Å². The number of nitrogens with one attached hydrogen (secondary N) is 1. The van der Waals surface area contributed by atoms with Crippen LogP contribution in [0.3, 0.4) is 0 Å². The lowest BCUT2D eigenvalue weighted by molar-refractivity contribution is -0.118. The van der Waals surface area contributed by atoms with E-state index in [0.717, 1.165) is 36.9 Å². The molecule has 0 aliphatic carbocycles. The van der Waals surface area contributed by atoms with Crippen molar-refractivity contribution < 1.29 is 9.53 Å². The van der Waals surface area contributed by atoms with Gasteiger partial charge in [-0.15, -0.1) is 11.3 Å². The normalized spacial score (nSPS) is 34.7. The van der Waals surface area contributed by atoms with Crippen LogP contribution in [-0.2, 0) is 16.1 Å². The molecule has 2 bridgehead atoms. The zero-order valence-electron chi connectivity index (χ0n) is 13.8. The first-order chi connectivity index (χ1) is 11.6. The van der Waals surface area contributed by atoms with Gasteiger partial charge in [0.15, 0.2) is 0 Å². The number of thiophene rings is 1. The summed E-state index contributed by atoms with van der Waals surface area (Å²) >= 11 is 9.29. The number of hydrogen-bond acceptors (Lipinski definition) is 5. The molecule has 4 rings (SSSR count). The molecule has 3 fully saturated rings. The number of amides is 1. The Balaban J connectivity index is 1.40. The Labute approximate surface area is 156 Å². The van der Waals surface area contributed by atoms with E-state index < -0.39 is 0 Å². The molecule has 4 heterocycles. The number of likely N-dealkylation sites (tertiary alicyclic amines) is 1. The third-order valence-corrected chi connectivity index (χ3v) is 7.44. The fourth-order valence-corrected chi connectivity index (χ4v) is 6.25. The van der Waals surface area contributed by atoms with Crippen molar-refractivity contribution in [1.82, 2.24) is 10.2 Å². The van der Waals surface area contributed by atoms with Crippen molar-refractivity contribution in [2.24, 2.45) is 11.8 Å². The average molecular weight is 387 g/mol. The van der Waals surface area contributed by atoms with Crippen LogP contribution in [0.5, 0.6) is 0 Å². The molecule has 0 radical (unpaired) electrons. The predicted octanol–water partition coefficient (Wildman–Crippen LogP) is 2.86. The van der Waals surface area contributed by atoms with Gasteiger partial charge in [0.2, 0.25) is 5.91 Å². The monoisotopic (exact) mass is 386 g/mol. The van der Waals surface area contributed by atoms with Crippen molar-refractivity contribution in [1.29, 1.82) is 0 Å². The molecule has 24 heavy (non-hydrogen) atoms. The predicted molar refractivity (Wildman–Crippen MR) is 99.8 cm³/mol. The largest absolute Gasteiger partial charge is 0.370 e. The Morgan fingerprint density at radius 2 is 2.46 bits per heavy atom. The van der Waals surface area contributed by atoms with E-state index in [4.69, 9.17) is 16.3 Å². The number of nitrogens with zero attached hydrogens (tertiary/aromatic N) is 1. The summed E-state index contributed by atoms with van der Waals surface area (Å²) < 4.78 is 7.30. The zero-order valence-corrected chi connectivity index (χ0v) is 16.2. The van der Waals surface area contributed by atoms with Crippen LogP contribution in [0.2, 0.25) is 4.34 Å². The Morgan fingerprint density at radius 3 is 3.21 bits per heavy atom. The topological polar surface area (TPSA) is 41.6 Å². The third-order valence-electron chi connectivity index (χ3n) is 5.67. The standard InChI is InChI=1S/C17H23ClN2O2S2/c1-23-9-16(21)19-6-12-13-8-20(7-11-2-3-15(18)24-11)10-17(13)5-4-14(12)22-17/h2-3,12-14H,4-10H2,1H3,(H,19,21)/t12-,13+,14+,17+/m0/s1. The van der Waals surface area contributed by atoms with E-state index in [1.54, 1.807) is 23.1 Å². The van der Waals surface area contributed by atoms with Crippen LogP contribution in [0, 0.1) is 11.8 Å². The van der Waals surface area contributed by atoms with Crippen molar-refractivity contribution >= 4 is 40.6 Å². The molecule has 4 nitrogen and oxygen atoms in total. The Kier molecular flexibility index (Phi) is 4.86. The van der Waals surface area contributed by atoms with E-state index in [2.05, 4.69) is 16.3 Å². The summed E-state index contributed by atoms with van der Waals surface area (Å²) in [5.41, 5.74) is 0.0284. The van der Waals surface area contributed by atoms with Gasteiger partial charge < -0.3 is 10.1 Å². The number of rotatable bonds is 6. The van der Waals surface area contributed by atoms with Gasteiger partial charge in [-0.2, -0.15) is 11.8 Å². The number of ether oxygens (including phenoxy) is 1. The summed E-state index contributed by atoms with van der Waals surface area (Å²) in [5.74, 6) is 1.68. The molecule has 3 aliphatic rings. The summed E-state index contributed by atoms with van der Waals surface area (Å²) in [4.78, 5) is 15.6. The number of carbonyl (C=O) groups is 1. The second-order valence-electron chi connectivity index (χ2n) is 7.14. The van der Waals surface area contributed by atoms with Crippen molar-refractivity contribution in [3.63, 3.8) is 0 Å². The molecule has 0 unspecified atom stereocenters. The van der Waals surface area contributed by atoms with Crippen molar-refractivity contribution in [3.05, 3.63) is 21.3 Å². The van der Waals surface area contributed by atoms with E-state index in [0.29, 0.717) is 23.7 Å². The second-order valence-corrected chi connectivity index (χ2v) is 9.81. The highest BCUT2D eigenvalue weighted by molar-refractivity contribution is 7.99. The number of halogens is 1. The minimum Gasteiger partial charge on any atom is -0.370 e. The highest BCUT2D eigenvalue weighted by atomic mass is 35.5. The van der Waals surface area contributed by atoms with Gasteiger partial charge in [0, 0.05) is 42.9 Å². The molecule has 3 saturated heterocycles. The van der Waals surface area contributed by atoms with Gasteiger partial charge in [0.25, 0.3) is 0 Å². The first kappa shape index (κ1) is 17.2. The molecule has 4 atom stereocenters. The van der Waals surface area contributed by atoms with E-state index >= 15 is 0 Å². The average Bonchev–Trinajstić information content (AvgIpc) is 3.26. The maximum atomic E-state index is 11.8. The van der Waals surface area contributed by atoms with Crippen molar-refractivity contribution in [2.45, 2.75) is 31.1 Å². The van der Waals surface area contributed by atoms with E-state index in [-0.39, 0.29) is 11.5 Å². The van der Waals surface area contributed by atoms with Crippen LogP contribution in [0.15, 0.2) is 12.1 Å². The molecule has 132 valence electrons. The Bertz CT molecular complexity index is 625. The minimum atomic E-state index is 0.0284. The summed E-state index contributed by atoms with van der Waals surface area (Å²) in [6.07, 6.45) is 4.60. The van der Waals surface area contributed by atoms with Crippen LogP contribution >= 0.6 is 34.7 Å². The molecule has 7 heteroatoms. The quantitative estimate of drug-likeness (QED) is 0.816. The van der Waals surface area contributed by atoms with Gasteiger partial charge in [-0.3, -0.25) is 9.69 Å². The number of hydrogen-bond donors (Lipinski definition) is 1.